The van der Waals surface area contributed by atoms with Gasteiger partial charge in [-0.05, 0) is 43.2 Å². The first-order valence-electron chi connectivity index (χ1n) is 6.04. The van der Waals surface area contributed by atoms with Crippen molar-refractivity contribution < 1.29 is 4.74 Å². The van der Waals surface area contributed by atoms with Crippen LogP contribution in [0.2, 0.25) is 0 Å². The Balaban J connectivity index is 1.95. The average Bonchev–Trinajstić information content (AvgIpc) is 2.76. The number of hydrogen-bond donors (Lipinski definition) is 1. The van der Waals surface area contributed by atoms with Crippen LogP contribution in [0.4, 0.5) is 0 Å². The smallest absolute Gasteiger partial charge is 0.119 e. The summed E-state index contributed by atoms with van der Waals surface area (Å²) in [5.74, 6) is 1.94. The monoisotopic (exact) mass is 236 g/mol. The Morgan fingerprint density at radius 1 is 1.31 bits per heavy atom. The molecule has 1 aliphatic carbocycles. The third kappa shape index (κ3) is 2.73. The first-order chi connectivity index (χ1) is 7.74. The highest BCUT2D eigenvalue weighted by Crippen LogP contribution is 2.39. The van der Waals surface area contributed by atoms with E-state index in [4.69, 9.17) is 4.74 Å². The molecular weight excluding hydrogens is 216 g/mol. The molecule has 1 aromatic carbocycles. The molecule has 0 bridgehead atoms. The first-order valence-corrected chi connectivity index (χ1v) is 6.68. The lowest BCUT2D eigenvalue weighted by molar-refractivity contribution is 0.173. The molecule has 0 spiro atoms. The molecule has 1 aliphatic rings. The molecule has 0 saturated heterocycles. The number of hydrogen-bond acceptors (Lipinski definition) is 2. The van der Waals surface area contributed by atoms with Crippen LogP contribution in [0.3, 0.4) is 0 Å². The molecule has 1 saturated carbocycles. The molecule has 0 heterocycles. The van der Waals surface area contributed by atoms with Gasteiger partial charge in [0.25, 0.3) is 0 Å². The van der Waals surface area contributed by atoms with Crippen LogP contribution in [0.1, 0.15) is 31.2 Å². The molecular formula is C14H20OS. The van der Waals surface area contributed by atoms with Crippen molar-refractivity contribution in [3.63, 3.8) is 0 Å². The fourth-order valence-electron chi connectivity index (χ4n) is 2.41. The summed E-state index contributed by atoms with van der Waals surface area (Å²) in [7, 11) is 0. The number of ether oxygens (including phenoxy) is 1. The molecule has 0 atom stereocenters. The number of aryl methyl sites for hydroxylation is 1. The molecule has 1 aromatic rings. The Morgan fingerprint density at radius 2 is 2.06 bits per heavy atom. The van der Waals surface area contributed by atoms with Gasteiger partial charge in [-0.15, -0.1) is 0 Å². The zero-order valence-electron chi connectivity index (χ0n) is 9.91. The summed E-state index contributed by atoms with van der Waals surface area (Å²) in [6.07, 6.45) is 5.19. The summed E-state index contributed by atoms with van der Waals surface area (Å²) < 4.78 is 5.92. The van der Waals surface area contributed by atoms with Crippen LogP contribution in [-0.4, -0.2) is 12.4 Å². The maximum Gasteiger partial charge on any atom is 0.119 e. The minimum absolute atomic E-state index is 0.326. The second-order valence-corrected chi connectivity index (χ2v) is 5.29. The zero-order chi connectivity index (χ0) is 11.4. The van der Waals surface area contributed by atoms with Crippen molar-refractivity contribution in [3.05, 3.63) is 29.8 Å². The van der Waals surface area contributed by atoms with Gasteiger partial charge in [-0.1, -0.05) is 25.0 Å². The van der Waals surface area contributed by atoms with Gasteiger partial charge in [0, 0.05) is 5.41 Å². The van der Waals surface area contributed by atoms with Gasteiger partial charge in [-0.3, -0.25) is 0 Å². The van der Waals surface area contributed by atoms with Crippen LogP contribution in [0.5, 0.6) is 5.75 Å². The minimum Gasteiger partial charge on any atom is -0.493 e. The van der Waals surface area contributed by atoms with Crippen molar-refractivity contribution in [1.82, 2.24) is 0 Å². The minimum atomic E-state index is 0.326. The van der Waals surface area contributed by atoms with Gasteiger partial charge >= 0.3 is 0 Å². The highest BCUT2D eigenvalue weighted by molar-refractivity contribution is 7.80. The van der Waals surface area contributed by atoms with Gasteiger partial charge in [0.15, 0.2) is 0 Å². The molecule has 0 unspecified atom stereocenters. The van der Waals surface area contributed by atoms with Gasteiger partial charge in [0.2, 0.25) is 0 Å². The van der Waals surface area contributed by atoms with E-state index in [-0.39, 0.29) is 0 Å². The third-order valence-corrected chi connectivity index (χ3v) is 4.21. The van der Waals surface area contributed by atoms with E-state index in [0.29, 0.717) is 5.41 Å². The zero-order valence-corrected chi connectivity index (χ0v) is 10.8. The van der Waals surface area contributed by atoms with E-state index >= 15 is 0 Å². The Morgan fingerprint density at radius 3 is 2.69 bits per heavy atom. The van der Waals surface area contributed by atoms with Crippen LogP contribution in [0.25, 0.3) is 0 Å². The van der Waals surface area contributed by atoms with E-state index in [1.807, 2.05) is 12.1 Å². The van der Waals surface area contributed by atoms with Crippen LogP contribution in [0, 0.1) is 12.3 Å². The topological polar surface area (TPSA) is 9.23 Å². The van der Waals surface area contributed by atoms with Crippen LogP contribution in [-0.2, 0) is 0 Å². The van der Waals surface area contributed by atoms with Crippen LogP contribution < -0.4 is 4.74 Å². The second-order valence-electron chi connectivity index (χ2n) is 4.97. The van der Waals surface area contributed by atoms with Crippen molar-refractivity contribution >= 4 is 12.6 Å². The molecule has 2 rings (SSSR count). The first kappa shape index (κ1) is 11.8. The molecule has 0 radical (unpaired) electrons. The Kier molecular flexibility index (Phi) is 3.80. The summed E-state index contributed by atoms with van der Waals surface area (Å²) in [5, 5.41) is 0. The molecule has 88 valence electrons. The maximum atomic E-state index is 5.92. The van der Waals surface area contributed by atoms with Gasteiger partial charge in [-0.2, -0.15) is 12.6 Å². The van der Waals surface area contributed by atoms with Crippen molar-refractivity contribution in [2.24, 2.45) is 5.41 Å². The fraction of sp³-hybridized carbons (Fsp3) is 0.571. The summed E-state index contributed by atoms with van der Waals surface area (Å²) >= 11 is 4.49. The van der Waals surface area contributed by atoms with Gasteiger partial charge in [0.05, 0.1) is 6.61 Å². The Labute approximate surface area is 104 Å². The van der Waals surface area contributed by atoms with E-state index in [2.05, 4.69) is 31.7 Å². The SMILES string of the molecule is Cc1cccc(OCC2(CS)CCCC2)c1. The lowest BCUT2D eigenvalue weighted by Crippen LogP contribution is -2.27. The van der Waals surface area contributed by atoms with E-state index in [0.717, 1.165) is 18.1 Å². The predicted octanol–water partition coefficient (Wildman–Crippen LogP) is 3.86. The lowest BCUT2D eigenvalue weighted by Gasteiger charge is -2.26. The summed E-state index contributed by atoms with van der Waals surface area (Å²) in [6.45, 7) is 2.91. The quantitative estimate of drug-likeness (QED) is 0.781. The van der Waals surface area contributed by atoms with Crippen LogP contribution >= 0.6 is 12.6 Å². The average molecular weight is 236 g/mol. The molecule has 0 amide bonds. The summed E-state index contributed by atoms with van der Waals surface area (Å²) in [5.41, 5.74) is 1.58. The van der Waals surface area contributed by atoms with Gasteiger partial charge in [0.1, 0.15) is 5.75 Å². The van der Waals surface area contributed by atoms with Crippen molar-refractivity contribution in [2.45, 2.75) is 32.6 Å². The molecule has 0 aliphatic heterocycles. The highest BCUT2D eigenvalue weighted by atomic mass is 32.1. The standard InChI is InChI=1S/C14H20OS/c1-12-5-4-6-13(9-12)15-10-14(11-16)7-2-3-8-14/h4-6,9,16H,2-3,7-8,10-11H2,1H3. The van der Waals surface area contributed by atoms with E-state index in [9.17, 15) is 0 Å². The second kappa shape index (κ2) is 5.13. The number of benzene rings is 1. The summed E-state index contributed by atoms with van der Waals surface area (Å²) in [4.78, 5) is 0. The fourth-order valence-corrected chi connectivity index (χ4v) is 2.82. The Hall–Kier alpha value is -0.630. The lowest BCUT2D eigenvalue weighted by atomic mass is 9.90. The van der Waals surface area contributed by atoms with Crippen molar-refractivity contribution in [3.8, 4) is 5.75 Å². The highest BCUT2D eigenvalue weighted by Gasteiger charge is 2.33. The predicted molar refractivity (Wildman–Crippen MR) is 71.4 cm³/mol. The van der Waals surface area contributed by atoms with Gasteiger partial charge in [-0.25, -0.2) is 0 Å². The molecule has 2 heteroatoms. The van der Waals surface area contributed by atoms with Crippen molar-refractivity contribution in [2.75, 3.05) is 12.4 Å². The Bertz CT molecular complexity index is 342. The molecule has 0 N–H and O–H groups in total. The molecule has 1 fully saturated rings. The van der Waals surface area contributed by atoms with E-state index < -0.39 is 0 Å². The normalized spacial score (nSPS) is 18.6. The van der Waals surface area contributed by atoms with Crippen molar-refractivity contribution in [1.29, 1.82) is 0 Å². The third-order valence-electron chi connectivity index (χ3n) is 3.53. The van der Waals surface area contributed by atoms with Crippen LogP contribution in [0.15, 0.2) is 24.3 Å². The summed E-state index contributed by atoms with van der Waals surface area (Å²) in [6, 6.07) is 8.28. The molecule has 1 nitrogen and oxygen atoms in total. The molecule has 0 aromatic heterocycles. The number of thiol groups is 1. The maximum absolute atomic E-state index is 5.92. The van der Waals surface area contributed by atoms with E-state index in [1.165, 1.54) is 31.2 Å². The van der Waals surface area contributed by atoms with Gasteiger partial charge < -0.3 is 4.74 Å². The number of rotatable bonds is 4. The van der Waals surface area contributed by atoms with E-state index in [1.54, 1.807) is 0 Å². The largest absolute Gasteiger partial charge is 0.493 e. The molecule has 16 heavy (non-hydrogen) atoms.